The van der Waals surface area contributed by atoms with Gasteiger partial charge in [-0.05, 0) is 23.6 Å². The summed E-state index contributed by atoms with van der Waals surface area (Å²) in [7, 11) is 3.52. The summed E-state index contributed by atoms with van der Waals surface area (Å²) < 4.78 is 3.43. The van der Waals surface area contributed by atoms with Gasteiger partial charge in [0.2, 0.25) is 12.4 Å². The number of aryl methyl sites for hydroxylation is 1. The van der Waals surface area contributed by atoms with Crippen LogP contribution in [0, 0.1) is 0 Å². The van der Waals surface area contributed by atoms with Crippen molar-refractivity contribution >= 4 is 16.8 Å². The summed E-state index contributed by atoms with van der Waals surface area (Å²) in [4.78, 5) is 24.5. The van der Waals surface area contributed by atoms with Crippen LogP contribution in [0.5, 0.6) is 0 Å². The summed E-state index contributed by atoms with van der Waals surface area (Å²) in [6.07, 6.45) is 10.3. The van der Waals surface area contributed by atoms with E-state index in [1.54, 1.807) is 22.7 Å². The van der Waals surface area contributed by atoms with Crippen molar-refractivity contribution in [3.63, 3.8) is 0 Å². The molecule has 1 aromatic carbocycles. The molecule has 0 bridgehead atoms. The van der Waals surface area contributed by atoms with E-state index in [4.69, 9.17) is 4.84 Å². The molecule has 1 fully saturated rings. The third kappa shape index (κ3) is 4.06. The number of fused-ring (bicyclic) bond motifs is 1. The number of carbonyl (C=O) groups excluding carboxylic acids is 1. The van der Waals surface area contributed by atoms with Crippen molar-refractivity contribution in [1.29, 1.82) is 0 Å². The quantitative estimate of drug-likeness (QED) is 0.465. The summed E-state index contributed by atoms with van der Waals surface area (Å²) in [6.45, 7) is 5.63. The van der Waals surface area contributed by atoms with Gasteiger partial charge < -0.3 is 4.90 Å². The van der Waals surface area contributed by atoms with Gasteiger partial charge in [0.05, 0.1) is 17.3 Å². The van der Waals surface area contributed by atoms with Crippen molar-refractivity contribution < 1.29 is 14.4 Å². The molecular formula is C25H28N5O2+. The second kappa shape index (κ2) is 9.18. The Balaban J connectivity index is 0.00000119. The van der Waals surface area contributed by atoms with Crippen LogP contribution in [0.2, 0.25) is 0 Å². The Labute approximate surface area is 187 Å². The first-order valence-electron chi connectivity index (χ1n) is 10.9. The minimum Gasteiger partial charge on any atom is -0.338 e. The number of likely N-dealkylation sites (tertiary alicyclic amines) is 1. The lowest BCUT2D eigenvalue weighted by Gasteiger charge is -2.30. The molecule has 5 rings (SSSR count). The number of carbonyl (C=O) groups is 1. The van der Waals surface area contributed by atoms with Crippen LogP contribution in [0.4, 0.5) is 0 Å². The molecule has 4 heterocycles. The fourth-order valence-corrected chi connectivity index (χ4v) is 3.72. The first-order chi connectivity index (χ1) is 15.6. The molecule has 0 radical (unpaired) electrons. The van der Waals surface area contributed by atoms with Gasteiger partial charge in [-0.15, -0.1) is 0 Å². The van der Waals surface area contributed by atoms with Crippen molar-refractivity contribution in [2.24, 2.45) is 7.05 Å². The van der Waals surface area contributed by atoms with E-state index in [1.807, 2.05) is 56.6 Å². The summed E-state index contributed by atoms with van der Waals surface area (Å²) in [5, 5.41) is 5.16. The van der Waals surface area contributed by atoms with Crippen LogP contribution >= 0.6 is 0 Å². The largest absolute Gasteiger partial charge is 0.338 e. The van der Waals surface area contributed by atoms with Gasteiger partial charge in [-0.25, -0.2) is 4.98 Å². The fourth-order valence-electron chi connectivity index (χ4n) is 3.72. The molecule has 0 unspecified atom stereocenters. The van der Waals surface area contributed by atoms with E-state index in [2.05, 4.69) is 34.3 Å². The lowest BCUT2D eigenvalue weighted by atomic mass is 9.99. The Morgan fingerprint density at radius 1 is 1.03 bits per heavy atom. The topological polar surface area (TPSA) is 64.1 Å². The van der Waals surface area contributed by atoms with Crippen LogP contribution in [0.25, 0.3) is 33.2 Å². The average molecular weight is 431 g/mol. The zero-order valence-electron chi connectivity index (χ0n) is 18.9. The lowest BCUT2D eigenvalue weighted by molar-refractivity contribution is -0.884. The maximum atomic E-state index is 12.7. The number of pyridine rings is 2. The smallest absolute Gasteiger partial charge is 0.255 e. The molecule has 7 heteroatoms. The van der Waals surface area contributed by atoms with Crippen LogP contribution in [0.1, 0.15) is 30.6 Å². The number of amides is 1. The van der Waals surface area contributed by atoms with Crippen LogP contribution < -0.4 is 9.57 Å². The first kappa shape index (κ1) is 21.5. The van der Waals surface area contributed by atoms with Crippen LogP contribution in [-0.4, -0.2) is 45.8 Å². The SMILES string of the molecule is CC.CO[n+]1cc(-c2ccc(-c3cnn(C)c3)cc2)c2cc(C(=O)N3CCC3)cnc2c1. The van der Waals surface area contributed by atoms with Crippen molar-refractivity contribution in [2.45, 2.75) is 20.3 Å². The Hall–Kier alpha value is -3.74. The second-order valence-corrected chi connectivity index (χ2v) is 7.50. The van der Waals surface area contributed by atoms with Crippen molar-refractivity contribution in [1.82, 2.24) is 19.7 Å². The number of rotatable bonds is 4. The van der Waals surface area contributed by atoms with Crippen molar-refractivity contribution in [3.05, 3.63) is 66.9 Å². The molecular weight excluding hydrogens is 402 g/mol. The number of benzene rings is 1. The second-order valence-electron chi connectivity index (χ2n) is 7.50. The maximum Gasteiger partial charge on any atom is 0.255 e. The van der Waals surface area contributed by atoms with Crippen LogP contribution in [0.15, 0.2) is 61.3 Å². The molecule has 1 saturated heterocycles. The molecule has 4 aromatic rings. The van der Waals surface area contributed by atoms with Gasteiger partial charge in [0, 0.05) is 48.2 Å². The molecule has 3 aromatic heterocycles. The van der Waals surface area contributed by atoms with Crippen molar-refractivity contribution in [2.75, 3.05) is 20.2 Å². The Morgan fingerprint density at radius 3 is 2.34 bits per heavy atom. The highest BCUT2D eigenvalue weighted by molar-refractivity contribution is 6.01. The molecule has 0 atom stereocenters. The predicted octanol–water partition coefficient (Wildman–Crippen LogP) is 3.52. The Bertz CT molecular complexity index is 1240. The van der Waals surface area contributed by atoms with Crippen LogP contribution in [-0.2, 0) is 7.05 Å². The average Bonchev–Trinajstić information content (AvgIpc) is 3.24. The normalized spacial score (nSPS) is 12.7. The summed E-state index contributed by atoms with van der Waals surface area (Å²) >= 11 is 0. The molecule has 1 aliphatic heterocycles. The highest BCUT2D eigenvalue weighted by Crippen LogP contribution is 2.29. The molecule has 0 spiro atoms. The molecule has 0 saturated carbocycles. The molecule has 1 amide bonds. The number of hydrogen-bond donors (Lipinski definition) is 0. The zero-order valence-corrected chi connectivity index (χ0v) is 18.9. The minimum atomic E-state index is 0.0389. The lowest BCUT2D eigenvalue weighted by Crippen LogP contribution is -2.42. The third-order valence-electron chi connectivity index (χ3n) is 5.55. The van der Waals surface area contributed by atoms with Gasteiger partial charge in [0.25, 0.3) is 5.91 Å². The van der Waals surface area contributed by atoms with Gasteiger partial charge >= 0.3 is 0 Å². The number of nitrogens with zero attached hydrogens (tertiary/aromatic N) is 5. The maximum absolute atomic E-state index is 12.7. The van der Waals surface area contributed by atoms with Gasteiger partial charge in [0.1, 0.15) is 12.6 Å². The van der Waals surface area contributed by atoms with E-state index in [0.29, 0.717) is 5.56 Å². The molecule has 32 heavy (non-hydrogen) atoms. The summed E-state index contributed by atoms with van der Waals surface area (Å²) in [6, 6.07) is 10.2. The minimum absolute atomic E-state index is 0.0389. The zero-order chi connectivity index (χ0) is 22.7. The molecule has 0 aliphatic carbocycles. The van der Waals surface area contributed by atoms with E-state index < -0.39 is 0 Å². The van der Waals surface area contributed by atoms with Gasteiger partial charge in [-0.2, -0.15) is 5.10 Å². The summed E-state index contributed by atoms with van der Waals surface area (Å²) in [5.74, 6) is 0.0389. The van der Waals surface area contributed by atoms with Gasteiger partial charge in [-0.3, -0.25) is 14.3 Å². The van der Waals surface area contributed by atoms with E-state index in [1.165, 1.54) is 0 Å². The molecule has 7 nitrogen and oxygen atoms in total. The summed E-state index contributed by atoms with van der Waals surface area (Å²) in [5.41, 5.74) is 5.53. The first-order valence-corrected chi connectivity index (χ1v) is 10.9. The van der Waals surface area contributed by atoms with Crippen molar-refractivity contribution in [3.8, 4) is 22.3 Å². The standard InChI is InChI=1S/C23H22N5O2.C2H6/c1-26-13-19(12-25-26)16-4-6-17(7-5-16)21-14-28(30-2)15-22-20(21)10-18(11-24-22)23(29)27-8-3-9-27;1-2/h4-7,10-15H,3,8-9H2,1-2H3;1-2H3/q+1;. The number of hydrogen-bond acceptors (Lipinski definition) is 4. The fraction of sp³-hybridized carbons (Fsp3) is 0.280. The van der Waals surface area contributed by atoms with E-state index >= 15 is 0 Å². The number of aromatic nitrogens is 4. The van der Waals surface area contributed by atoms with E-state index in [0.717, 1.165) is 52.7 Å². The van der Waals surface area contributed by atoms with Crippen LogP contribution in [0.3, 0.4) is 0 Å². The molecule has 0 N–H and O–H groups in total. The van der Waals surface area contributed by atoms with E-state index in [-0.39, 0.29) is 5.91 Å². The van der Waals surface area contributed by atoms with Gasteiger partial charge in [0.15, 0.2) is 0 Å². The Kier molecular flexibility index (Phi) is 6.16. The highest BCUT2D eigenvalue weighted by atomic mass is 16.6. The highest BCUT2D eigenvalue weighted by Gasteiger charge is 2.23. The Morgan fingerprint density at radius 2 is 1.75 bits per heavy atom. The van der Waals surface area contributed by atoms with Gasteiger partial charge in [-0.1, -0.05) is 38.1 Å². The third-order valence-corrected chi connectivity index (χ3v) is 5.55. The molecule has 164 valence electrons. The predicted molar refractivity (Wildman–Crippen MR) is 124 cm³/mol. The monoisotopic (exact) mass is 430 g/mol. The molecule has 1 aliphatic rings. The van der Waals surface area contributed by atoms with E-state index in [9.17, 15) is 4.79 Å².